The number of pyridine rings is 1. The lowest BCUT2D eigenvalue weighted by Gasteiger charge is -2.20. The molecule has 1 aliphatic heterocycles. The largest absolute Gasteiger partial charge is 0.317 e. The summed E-state index contributed by atoms with van der Waals surface area (Å²) < 4.78 is 1.94. The van der Waals surface area contributed by atoms with E-state index in [-0.39, 0.29) is 0 Å². The Hall–Kier alpha value is -1.68. The summed E-state index contributed by atoms with van der Waals surface area (Å²) in [6.45, 7) is 2.19. The highest BCUT2D eigenvalue weighted by atomic mass is 15.3. The van der Waals surface area contributed by atoms with Crippen molar-refractivity contribution in [2.24, 2.45) is 7.05 Å². The van der Waals surface area contributed by atoms with Gasteiger partial charge in [-0.1, -0.05) is 6.07 Å². The van der Waals surface area contributed by atoms with Crippen molar-refractivity contribution in [3.05, 3.63) is 36.2 Å². The van der Waals surface area contributed by atoms with Crippen LogP contribution in [0.5, 0.6) is 0 Å². The molecule has 2 aromatic heterocycles. The topological polar surface area (TPSA) is 42.7 Å². The predicted molar refractivity (Wildman–Crippen MR) is 71.3 cm³/mol. The molecule has 0 atom stereocenters. The smallest absolute Gasteiger partial charge is 0.0882 e. The van der Waals surface area contributed by atoms with Gasteiger partial charge in [0.25, 0.3) is 0 Å². The highest BCUT2D eigenvalue weighted by molar-refractivity contribution is 5.54. The molecule has 3 rings (SSSR count). The van der Waals surface area contributed by atoms with Gasteiger partial charge < -0.3 is 5.32 Å². The van der Waals surface area contributed by atoms with Crippen molar-refractivity contribution in [2.75, 3.05) is 13.1 Å². The van der Waals surface area contributed by atoms with Gasteiger partial charge in [-0.3, -0.25) is 9.67 Å². The molecule has 0 amide bonds. The molecule has 0 aromatic carbocycles. The maximum atomic E-state index is 4.66. The van der Waals surface area contributed by atoms with Gasteiger partial charge in [0, 0.05) is 19.2 Å². The van der Waals surface area contributed by atoms with Gasteiger partial charge in [0.2, 0.25) is 0 Å². The van der Waals surface area contributed by atoms with E-state index in [1.54, 1.807) is 0 Å². The Bertz CT molecular complexity index is 512. The van der Waals surface area contributed by atoms with Crippen LogP contribution in [0.4, 0.5) is 0 Å². The number of rotatable bonds is 2. The number of aromatic nitrogens is 3. The van der Waals surface area contributed by atoms with Crippen molar-refractivity contribution in [3.8, 4) is 11.4 Å². The Morgan fingerprint density at radius 1 is 1.28 bits per heavy atom. The first-order valence-electron chi connectivity index (χ1n) is 6.50. The summed E-state index contributed by atoms with van der Waals surface area (Å²) in [5, 5.41) is 8.05. The summed E-state index contributed by atoms with van der Waals surface area (Å²) in [5.41, 5.74) is 3.30. The third-order valence-corrected chi connectivity index (χ3v) is 3.58. The fourth-order valence-corrected chi connectivity index (χ4v) is 2.56. The van der Waals surface area contributed by atoms with E-state index in [9.17, 15) is 0 Å². The molecule has 94 valence electrons. The van der Waals surface area contributed by atoms with Crippen LogP contribution in [-0.4, -0.2) is 27.9 Å². The minimum atomic E-state index is 0.593. The Kier molecular flexibility index (Phi) is 3.11. The van der Waals surface area contributed by atoms with Crippen molar-refractivity contribution in [1.29, 1.82) is 0 Å². The average Bonchev–Trinajstić information content (AvgIpc) is 2.83. The Balaban J connectivity index is 1.91. The normalized spacial score (nSPS) is 16.9. The summed E-state index contributed by atoms with van der Waals surface area (Å²) in [4.78, 5) is 4.40. The third-order valence-electron chi connectivity index (χ3n) is 3.58. The first-order valence-corrected chi connectivity index (χ1v) is 6.50. The summed E-state index contributed by atoms with van der Waals surface area (Å²) in [6.07, 6.45) is 4.18. The molecule has 1 N–H and O–H groups in total. The van der Waals surface area contributed by atoms with Gasteiger partial charge in [-0.05, 0) is 44.1 Å². The molecule has 0 bridgehead atoms. The Morgan fingerprint density at radius 3 is 2.83 bits per heavy atom. The highest BCUT2D eigenvalue weighted by Crippen LogP contribution is 2.27. The molecule has 0 aliphatic carbocycles. The van der Waals surface area contributed by atoms with E-state index in [4.69, 9.17) is 0 Å². The SMILES string of the molecule is Cn1nc(C2CCNCC2)cc1-c1ccccn1. The molecule has 4 nitrogen and oxygen atoms in total. The number of nitrogens with one attached hydrogen (secondary N) is 1. The van der Waals surface area contributed by atoms with Crippen LogP contribution in [0.2, 0.25) is 0 Å². The summed E-state index contributed by atoms with van der Waals surface area (Å²) >= 11 is 0. The zero-order chi connectivity index (χ0) is 12.4. The fraction of sp³-hybridized carbons (Fsp3) is 0.429. The lowest BCUT2D eigenvalue weighted by Crippen LogP contribution is -2.26. The standard InChI is InChI=1S/C14H18N4/c1-18-14(12-4-2-3-7-16-12)10-13(17-18)11-5-8-15-9-6-11/h2-4,7,10-11,15H,5-6,8-9H2,1H3. The first-order chi connectivity index (χ1) is 8.84. The Labute approximate surface area is 107 Å². The van der Waals surface area contributed by atoms with Gasteiger partial charge in [-0.25, -0.2) is 0 Å². The van der Waals surface area contributed by atoms with E-state index in [0.717, 1.165) is 24.5 Å². The van der Waals surface area contributed by atoms with Crippen LogP contribution >= 0.6 is 0 Å². The summed E-state index contributed by atoms with van der Waals surface area (Å²) in [7, 11) is 1.99. The number of aryl methyl sites for hydroxylation is 1. The minimum absolute atomic E-state index is 0.593. The van der Waals surface area contributed by atoms with Crippen molar-refractivity contribution in [1.82, 2.24) is 20.1 Å². The van der Waals surface area contributed by atoms with Gasteiger partial charge in [-0.2, -0.15) is 5.10 Å². The van der Waals surface area contributed by atoms with E-state index >= 15 is 0 Å². The highest BCUT2D eigenvalue weighted by Gasteiger charge is 2.19. The summed E-state index contributed by atoms with van der Waals surface area (Å²) in [6, 6.07) is 8.18. The molecule has 0 spiro atoms. The zero-order valence-electron chi connectivity index (χ0n) is 10.6. The van der Waals surface area contributed by atoms with Crippen LogP contribution in [-0.2, 0) is 7.05 Å². The molecule has 18 heavy (non-hydrogen) atoms. The first kappa shape index (κ1) is 11.4. The van der Waals surface area contributed by atoms with E-state index in [2.05, 4.69) is 21.5 Å². The number of hydrogen-bond donors (Lipinski definition) is 1. The number of hydrogen-bond acceptors (Lipinski definition) is 3. The van der Waals surface area contributed by atoms with Gasteiger partial charge in [0.05, 0.1) is 17.1 Å². The molecule has 0 unspecified atom stereocenters. The molecule has 2 aromatic rings. The number of nitrogens with zero attached hydrogens (tertiary/aromatic N) is 3. The van der Waals surface area contributed by atoms with Gasteiger partial charge in [0.15, 0.2) is 0 Å². The average molecular weight is 242 g/mol. The minimum Gasteiger partial charge on any atom is -0.317 e. The van der Waals surface area contributed by atoms with E-state index in [1.165, 1.54) is 18.5 Å². The lowest BCUT2D eigenvalue weighted by atomic mass is 9.94. The second-order valence-electron chi connectivity index (χ2n) is 4.82. The van der Waals surface area contributed by atoms with Crippen LogP contribution in [0.1, 0.15) is 24.5 Å². The van der Waals surface area contributed by atoms with Gasteiger partial charge in [-0.15, -0.1) is 0 Å². The Morgan fingerprint density at radius 2 is 2.11 bits per heavy atom. The maximum absolute atomic E-state index is 4.66. The molecular weight excluding hydrogens is 224 g/mol. The molecular formula is C14H18N4. The van der Waals surface area contributed by atoms with Crippen LogP contribution < -0.4 is 5.32 Å². The molecule has 0 saturated carbocycles. The van der Waals surface area contributed by atoms with Gasteiger partial charge >= 0.3 is 0 Å². The second kappa shape index (κ2) is 4.90. The van der Waals surface area contributed by atoms with Crippen LogP contribution in [0, 0.1) is 0 Å². The van der Waals surface area contributed by atoms with Crippen molar-refractivity contribution in [2.45, 2.75) is 18.8 Å². The zero-order valence-corrected chi connectivity index (χ0v) is 10.6. The second-order valence-corrected chi connectivity index (χ2v) is 4.82. The molecule has 1 aliphatic rings. The molecule has 1 saturated heterocycles. The molecule has 4 heteroatoms. The van der Waals surface area contributed by atoms with E-state index in [1.807, 2.05) is 36.1 Å². The summed E-state index contributed by atoms with van der Waals surface area (Å²) in [5.74, 6) is 0.593. The molecule has 1 fully saturated rings. The van der Waals surface area contributed by atoms with Crippen LogP contribution in [0.25, 0.3) is 11.4 Å². The molecule has 0 radical (unpaired) electrons. The fourth-order valence-electron chi connectivity index (χ4n) is 2.56. The maximum Gasteiger partial charge on any atom is 0.0882 e. The van der Waals surface area contributed by atoms with Crippen LogP contribution in [0.15, 0.2) is 30.5 Å². The van der Waals surface area contributed by atoms with Crippen molar-refractivity contribution in [3.63, 3.8) is 0 Å². The quantitative estimate of drug-likeness (QED) is 0.875. The van der Waals surface area contributed by atoms with E-state index in [0.29, 0.717) is 5.92 Å². The number of piperidine rings is 1. The predicted octanol–water partition coefficient (Wildman–Crippen LogP) is 1.95. The molecule has 3 heterocycles. The van der Waals surface area contributed by atoms with E-state index < -0.39 is 0 Å². The lowest BCUT2D eigenvalue weighted by molar-refractivity contribution is 0.450. The third kappa shape index (κ3) is 2.16. The monoisotopic (exact) mass is 242 g/mol. The van der Waals surface area contributed by atoms with Crippen LogP contribution in [0.3, 0.4) is 0 Å². The van der Waals surface area contributed by atoms with Gasteiger partial charge in [0.1, 0.15) is 0 Å². The van der Waals surface area contributed by atoms with Crippen molar-refractivity contribution >= 4 is 0 Å². The van der Waals surface area contributed by atoms with Crippen molar-refractivity contribution < 1.29 is 0 Å².